The Morgan fingerprint density at radius 1 is 1.06 bits per heavy atom. The number of benzene rings is 3. The van der Waals surface area contributed by atoms with E-state index in [-0.39, 0.29) is 18.3 Å². The number of para-hydroxylation sites is 1. The molecule has 3 aromatic carbocycles. The van der Waals surface area contributed by atoms with Gasteiger partial charge in [0.25, 0.3) is 5.91 Å². The van der Waals surface area contributed by atoms with Crippen LogP contribution in [0.4, 0.5) is 4.39 Å². The molecule has 1 N–H and O–H groups in total. The summed E-state index contributed by atoms with van der Waals surface area (Å²) in [4.78, 5) is 12.0. The van der Waals surface area contributed by atoms with Crippen molar-refractivity contribution in [2.75, 3.05) is 6.61 Å². The summed E-state index contributed by atoms with van der Waals surface area (Å²) in [6.45, 7) is 4.07. The molecule has 0 aliphatic rings. The van der Waals surface area contributed by atoms with E-state index >= 15 is 0 Å². The highest BCUT2D eigenvalue weighted by molar-refractivity contribution is 9.10. The molecule has 0 aliphatic heterocycles. The molecular weight excluding hydrogens is 463 g/mol. The van der Waals surface area contributed by atoms with Crippen LogP contribution in [0.5, 0.6) is 11.5 Å². The molecular formula is C24H22BrFN2O3. The highest BCUT2D eigenvalue weighted by atomic mass is 79.9. The summed E-state index contributed by atoms with van der Waals surface area (Å²) < 4.78 is 25.1. The molecule has 0 heterocycles. The Hall–Kier alpha value is -3.19. The van der Waals surface area contributed by atoms with Gasteiger partial charge in [0.05, 0.1) is 10.7 Å². The SMILES string of the molecule is Cc1cccc(C)c1OCC(=O)N/N=C\c1ccc(OCc2ccc(F)cc2)c(Br)c1. The van der Waals surface area contributed by atoms with Crippen LogP contribution < -0.4 is 14.9 Å². The van der Waals surface area contributed by atoms with Crippen molar-refractivity contribution in [3.8, 4) is 11.5 Å². The van der Waals surface area contributed by atoms with E-state index in [2.05, 4.69) is 26.5 Å². The van der Waals surface area contributed by atoms with E-state index in [4.69, 9.17) is 9.47 Å². The van der Waals surface area contributed by atoms with Gasteiger partial charge in [-0.1, -0.05) is 30.3 Å². The predicted molar refractivity (Wildman–Crippen MR) is 122 cm³/mol. The lowest BCUT2D eigenvalue weighted by molar-refractivity contribution is -0.123. The topological polar surface area (TPSA) is 59.9 Å². The Kier molecular flexibility index (Phi) is 7.78. The maximum absolute atomic E-state index is 13.0. The number of hydrogen-bond acceptors (Lipinski definition) is 4. The van der Waals surface area contributed by atoms with Gasteiger partial charge in [0, 0.05) is 0 Å². The van der Waals surface area contributed by atoms with Gasteiger partial charge >= 0.3 is 0 Å². The van der Waals surface area contributed by atoms with Crippen molar-refractivity contribution in [3.63, 3.8) is 0 Å². The zero-order chi connectivity index (χ0) is 22.2. The first-order valence-corrected chi connectivity index (χ1v) is 10.4. The van der Waals surface area contributed by atoms with E-state index in [1.165, 1.54) is 18.3 Å². The minimum absolute atomic E-state index is 0.122. The van der Waals surface area contributed by atoms with Crippen LogP contribution in [0.15, 0.2) is 70.2 Å². The van der Waals surface area contributed by atoms with E-state index in [0.29, 0.717) is 18.1 Å². The number of amides is 1. The maximum Gasteiger partial charge on any atom is 0.277 e. The van der Waals surface area contributed by atoms with E-state index in [9.17, 15) is 9.18 Å². The summed E-state index contributed by atoms with van der Waals surface area (Å²) in [5, 5.41) is 3.97. The van der Waals surface area contributed by atoms with Gasteiger partial charge in [0.15, 0.2) is 6.61 Å². The van der Waals surface area contributed by atoms with Crippen molar-refractivity contribution in [2.45, 2.75) is 20.5 Å². The van der Waals surface area contributed by atoms with Crippen LogP contribution >= 0.6 is 15.9 Å². The second kappa shape index (κ2) is 10.7. The molecule has 0 unspecified atom stereocenters. The number of halogens is 2. The van der Waals surface area contributed by atoms with Crippen LogP contribution in [-0.4, -0.2) is 18.7 Å². The Balaban J connectivity index is 1.49. The third-order valence-electron chi connectivity index (χ3n) is 4.42. The lowest BCUT2D eigenvalue weighted by Crippen LogP contribution is -2.25. The van der Waals surface area contributed by atoms with Crippen molar-refractivity contribution in [1.82, 2.24) is 5.43 Å². The van der Waals surface area contributed by atoms with Crippen LogP contribution in [0.3, 0.4) is 0 Å². The Bertz CT molecular complexity index is 1060. The summed E-state index contributed by atoms with van der Waals surface area (Å²) in [6, 6.07) is 17.4. The van der Waals surface area contributed by atoms with Gasteiger partial charge in [0.1, 0.15) is 23.9 Å². The fourth-order valence-electron chi connectivity index (χ4n) is 2.83. The van der Waals surface area contributed by atoms with Crippen molar-refractivity contribution < 1.29 is 18.7 Å². The van der Waals surface area contributed by atoms with Gasteiger partial charge in [-0.25, -0.2) is 9.82 Å². The zero-order valence-corrected chi connectivity index (χ0v) is 18.8. The maximum atomic E-state index is 13.0. The quantitative estimate of drug-likeness (QED) is 0.348. The standard InChI is InChI=1S/C24H22BrFN2O3/c1-16-4-3-5-17(2)24(16)31-15-23(29)28-27-13-19-8-11-22(21(25)12-19)30-14-18-6-9-20(26)10-7-18/h3-13H,14-15H2,1-2H3,(H,28,29)/b27-13-. The fourth-order valence-corrected chi connectivity index (χ4v) is 3.34. The van der Waals surface area contributed by atoms with E-state index in [1.807, 2.05) is 44.2 Å². The summed E-state index contributed by atoms with van der Waals surface area (Å²) in [5.74, 6) is 0.726. The molecule has 7 heteroatoms. The third kappa shape index (κ3) is 6.65. The first-order chi connectivity index (χ1) is 14.9. The Morgan fingerprint density at radius 3 is 2.45 bits per heavy atom. The third-order valence-corrected chi connectivity index (χ3v) is 5.04. The van der Waals surface area contributed by atoms with Crippen LogP contribution in [0, 0.1) is 19.7 Å². The number of aryl methyl sites for hydroxylation is 2. The molecule has 0 saturated carbocycles. The van der Waals surface area contributed by atoms with Gasteiger partial charge in [-0.15, -0.1) is 0 Å². The predicted octanol–water partition coefficient (Wildman–Crippen LogP) is 5.31. The minimum atomic E-state index is -0.350. The minimum Gasteiger partial charge on any atom is -0.488 e. The largest absolute Gasteiger partial charge is 0.488 e. The van der Waals surface area contributed by atoms with Crippen LogP contribution in [0.2, 0.25) is 0 Å². The van der Waals surface area contributed by atoms with Crippen LogP contribution in [0.1, 0.15) is 22.3 Å². The molecule has 0 radical (unpaired) electrons. The number of nitrogens with zero attached hydrogens (tertiary/aromatic N) is 1. The molecule has 160 valence electrons. The van der Waals surface area contributed by atoms with Crippen molar-refractivity contribution in [3.05, 3.63) is 93.2 Å². The van der Waals surface area contributed by atoms with Gasteiger partial charge in [0.2, 0.25) is 0 Å². The monoisotopic (exact) mass is 484 g/mol. The highest BCUT2D eigenvalue weighted by Crippen LogP contribution is 2.26. The number of carbonyl (C=O) groups is 1. The average Bonchev–Trinajstić information content (AvgIpc) is 2.74. The molecule has 3 rings (SSSR count). The molecule has 3 aromatic rings. The van der Waals surface area contributed by atoms with E-state index in [1.54, 1.807) is 18.2 Å². The van der Waals surface area contributed by atoms with Gasteiger partial charge in [-0.05, 0) is 82.4 Å². The van der Waals surface area contributed by atoms with Gasteiger partial charge < -0.3 is 9.47 Å². The summed E-state index contributed by atoms with van der Waals surface area (Å²) in [5.41, 5.74) is 6.04. The van der Waals surface area contributed by atoms with Gasteiger partial charge in [-0.2, -0.15) is 5.10 Å². The molecule has 1 amide bonds. The molecule has 31 heavy (non-hydrogen) atoms. The molecule has 0 aliphatic carbocycles. The van der Waals surface area contributed by atoms with Crippen molar-refractivity contribution in [2.24, 2.45) is 5.10 Å². The molecule has 0 spiro atoms. The smallest absolute Gasteiger partial charge is 0.277 e. The molecule has 0 atom stereocenters. The number of rotatable bonds is 8. The van der Waals surface area contributed by atoms with E-state index in [0.717, 1.165) is 26.7 Å². The first-order valence-electron chi connectivity index (χ1n) is 9.60. The average molecular weight is 485 g/mol. The van der Waals surface area contributed by atoms with Crippen molar-refractivity contribution in [1.29, 1.82) is 0 Å². The Labute approximate surface area is 189 Å². The van der Waals surface area contributed by atoms with E-state index < -0.39 is 0 Å². The number of nitrogens with one attached hydrogen (secondary N) is 1. The van der Waals surface area contributed by atoms with Crippen molar-refractivity contribution >= 4 is 28.1 Å². The molecule has 0 fully saturated rings. The molecule has 5 nitrogen and oxygen atoms in total. The summed E-state index contributed by atoms with van der Waals surface area (Å²) in [6.07, 6.45) is 1.53. The number of hydrogen-bond donors (Lipinski definition) is 1. The summed E-state index contributed by atoms with van der Waals surface area (Å²) in [7, 11) is 0. The second-order valence-electron chi connectivity index (χ2n) is 6.91. The lowest BCUT2D eigenvalue weighted by atomic mass is 10.1. The molecule has 0 bridgehead atoms. The number of hydrazone groups is 1. The fraction of sp³-hybridized carbons (Fsp3) is 0.167. The molecule has 0 aromatic heterocycles. The van der Waals surface area contributed by atoms with Crippen LogP contribution in [0.25, 0.3) is 0 Å². The number of carbonyl (C=O) groups excluding carboxylic acids is 1. The Morgan fingerprint density at radius 2 is 1.77 bits per heavy atom. The number of ether oxygens (including phenoxy) is 2. The normalized spacial score (nSPS) is 10.8. The second-order valence-corrected chi connectivity index (χ2v) is 7.76. The lowest BCUT2D eigenvalue weighted by Gasteiger charge is -2.10. The van der Waals surface area contributed by atoms with Gasteiger partial charge in [-0.3, -0.25) is 4.79 Å². The first kappa shape index (κ1) is 22.5. The summed E-state index contributed by atoms with van der Waals surface area (Å²) >= 11 is 3.46. The highest BCUT2D eigenvalue weighted by Gasteiger charge is 2.07. The zero-order valence-electron chi connectivity index (χ0n) is 17.2. The molecule has 0 saturated heterocycles. The van der Waals surface area contributed by atoms with Crippen LogP contribution in [-0.2, 0) is 11.4 Å².